The highest BCUT2D eigenvalue weighted by Crippen LogP contribution is 2.32. The summed E-state index contributed by atoms with van der Waals surface area (Å²) >= 11 is 0. The molecule has 3 aromatic rings. The summed E-state index contributed by atoms with van der Waals surface area (Å²) in [6, 6.07) is 19.8. The van der Waals surface area contributed by atoms with Crippen LogP contribution in [0.3, 0.4) is 0 Å². The molecule has 0 bridgehead atoms. The fourth-order valence-electron chi connectivity index (χ4n) is 4.72. The van der Waals surface area contributed by atoms with Crippen LogP contribution < -0.4 is 0 Å². The van der Waals surface area contributed by atoms with Gasteiger partial charge in [0.05, 0.1) is 0 Å². The van der Waals surface area contributed by atoms with Crippen molar-refractivity contribution in [3.8, 4) is 22.3 Å². The van der Waals surface area contributed by atoms with E-state index in [4.69, 9.17) is 0 Å². The second-order valence-electron chi connectivity index (χ2n) is 9.46. The van der Waals surface area contributed by atoms with Gasteiger partial charge in [0.25, 0.3) is 0 Å². The minimum atomic E-state index is -0.706. The average Bonchev–Trinajstić information content (AvgIpc) is 2.87. The van der Waals surface area contributed by atoms with Gasteiger partial charge in [-0.15, -0.1) is 0 Å². The third-order valence-corrected chi connectivity index (χ3v) is 6.78. The van der Waals surface area contributed by atoms with Crippen LogP contribution in [-0.4, -0.2) is 0 Å². The molecule has 0 aliphatic heterocycles. The standard InChI is InChI=1S/C32H40F2/c1-3-5-7-8-9-10-13-18-28-24-30(32(34)31(33)29(28)19-12-6-4-2)27-22-20-26(21-23-27)25-16-14-11-15-17-25/h11,14-17,20-24H,3-10,12-13,18-19H2,1-2H3. The Labute approximate surface area is 205 Å². The lowest BCUT2D eigenvalue weighted by Crippen LogP contribution is -2.04. The summed E-state index contributed by atoms with van der Waals surface area (Å²) in [4.78, 5) is 0. The van der Waals surface area contributed by atoms with Crippen LogP contribution in [0.15, 0.2) is 60.7 Å². The van der Waals surface area contributed by atoms with E-state index in [0.29, 0.717) is 17.5 Å². The molecule has 0 heterocycles. The molecule has 3 rings (SSSR count). The van der Waals surface area contributed by atoms with Gasteiger partial charge in [0.1, 0.15) is 0 Å². The highest BCUT2D eigenvalue weighted by Gasteiger charge is 2.19. The van der Waals surface area contributed by atoms with Crippen LogP contribution in [0.5, 0.6) is 0 Å². The Hall–Kier alpha value is -2.48. The minimum Gasteiger partial charge on any atom is -0.203 e. The smallest absolute Gasteiger partial charge is 0.166 e. The Balaban J connectivity index is 1.81. The fraction of sp³-hybridized carbons (Fsp3) is 0.438. The first-order valence-corrected chi connectivity index (χ1v) is 13.3. The van der Waals surface area contributed by atoms with E-state index in [9.17, 15) is 0 Å². The number of hydrogen-bond acceptors (Lipinski definition) is 0. The highest BCUT2D eigenvalue weighted by atomic mass is 19.2. The topological polar surface area (TPSA) is 0 Å². The molecule has 0 atom stereocenters. The number of halogens is 2. The van der Waals surface area contributed by atoms with Crippen molar-refractivity contribution in [2.45, 2.75) is 90.9 Å². The molecule has 182 valence electrons. The zero-order valence-electron chi connectivity index (χ0n) is 21.0. The maximum Gasteiger partial charge on any atom is 0.166 e. The quantitative estimate of drug-likeness (QED) is 0.209. The summed E-state index contributed by atoms with van der Waals surface area (Å²) in [7, 11) is 0. The van der Waals surface area contributed by atoms with Gasteiger partial charge in [0, 0.05) is 5.56 Å². The van der Waals surface area contributed by atoms with Gasteiger partial charge in [0.2, 0.25) is 0 Å². The van der Waals surface area contributed by atoms with E-state index in [1.165, 1.54) is 32.1 Å². The molecule has 0 N–H and O–H groups in total. The number of benzene rings is 3. The summed E-state index contributed by atoms with van der Waals surface area (Å²) in [5.74, 6) is -1.35. The first-order chi connectivity index (χ1) is 16.7. The van der Waals surface area contributed by atoms with Crippen LogP contribution in [0, 0.1) is 11.6 Å². The average molecular weight is 463 g/mol. The maximum absolute atomic E-state index is 15.3. The molecule has 0 saturated carbocycles. The molecule has 3 aromatic carbocycles. The van der Waals surface area contributed by atoms with Gasteiger partial charge in [0.15, 0.2) is 11.6 Å². The third kappa shape index (κ3) is 7.26. The Morgan fingerprint density at radius 3 is 1.74 bits per heavy atom. The summed E-state index contributed by atoms with van der Waals surface area (Å²) in [6.07, 6.45) is 13.0. The van der Waals surface area contributed by atoms with Crippen LogP contribution >= 0.6 is 0 Å². The molecular formula is C32H40F2. The van der Waals surface area contributed by atoms with E-state index >= 15 is 8.78 Å². The zero-order valence-corrected chi connectivity index (χ0v) is 21.0. The molecule has 0 spiro atoms. The second-order valence-corrected chi connectivity index (χ2v) is 9.46. The predicted octanol–water partition coefficient (Wildman–Crippen LogP) is 10.3. The zero-order chi connectivity index (χ0) is 24.2. The van der Waals surface area contributed by atoms with Crippen LogP contribution in [-0.2, 0) is 12.8 Å². The van der Waals surface area contributed by atoms with E-state index in [2.05, 4.69) is 26.0 Å². The van der Waals surface area contributed by atoms with Crippen LogP contribution in [0.2, 0.25) is 0 Å². The lowest BCUT2D eigenvalue weighted by Gasteiger charge is -2.16. The van der Waals surface area contributed by atoms with Gasteiger partial charge >= 0.3 is 0 Å². The lowest BCUT2D eigenvalue weighted by molar-refractivity contribution is 0.495. The van der Waals surface area contributed by atoms with Crippen molar-refractivity contribution < 1.29 is 8.78 Å². The Kier molecular flexibility index (Phi) is 10.8. The molecule has 0 amide bonds. The summed E-state index contributed by atoms with van der Waals surface area (Å²) in [6.45, 7) is 4.37. The Morgan fingerprint density at radius 2 is 1.06 bits per heavy atom. The molecule has 0 saturated heterocycles. The molecule has 0 radical (unpaired) electrons. The van der Waals surface area contributed by atoms with Crippen molar-refractivity contribution >= 4 is 0 Å². The van der Waals surface area contributed by atoms with Crippen molar-refractivity contribution in [3.63, 3.8) is 0 Å². The van der Waals surface area contributed by atoms with Crippen molar-refractivity contribution in [2.24, 2.45) is 0 Å². The largest absolute Gasteiger partial charge is 0.203 e. The summed E-state index contributed by atoms with van der Waals surface area (Å²) in [5, 5.41) is 0. The molecule has 0 aliphatic carbocycles. The SMILES string of the molecule is CCCCCCCCCc1cc(-c2ccc(-c3ccccc3)cc2)c(F)c(F)c1CCCCC. The Bertz CT molecular complexity index is 990. The first kappa shape index (κ1) is 26.1. The fourth-order valence-corrected chi connectivity index (χ4v) is 4.72. The van der Waals surface area contributed by atoms with Crippen LogP contribution in [0.1, 0.15) is 89.2 Å². The number of rotatable bonds is 14. The summed E-state index contributed by atoms with van der Waals surface area (Å²) < 4.78 is 30.6. The molecule has 2 heteroatoms. The first-order valence-electron chi connectivity index (χ1n) is 13.3. The predicted molar refractivity (Wildman–Crippen MR) is 142 cm³/mol. The molecule has 0 unspecified atom stereocenters. The van der Waals surface area contributed by atoms with Crippen molar-refractivity contribution in [1.29, 1.82) is 0 Å². The number of hydrogen-bond donors (Lipinski definition) is 0. The van der Waals surface area contributed by atoms with Gasteiger partial charge in [-0.2, -0.15) is 0 Å². The van der Waals surface area contributed by atoms with E-state index in [0.717, 1.165) is 60.8 Å². The van der Waals surface area contributed by atoms with Gasteiger partial charge in [-0.25, -0.2) is 8.78 Å². The monoisotopic (exact) mass is 462 g/mol. The third-order valence-electron chi connectivity index (χ3n) is 6.78. The molecular weight excluding hydrogens is 422 g/mol. The Morgan fingerprint density at radius 1 is 0.529 bits per heavy atom. The van der Waals surface area contributed by atoms with E-state index in [1.807, 2.05) is 48.5 Å². The van der Waals surface area contributed by atoms with Gasteiger partial charge in [-0.05, 0) is 59.6 Å². The van der Waals surface area contributed by atoms with Gasteiger partial charge in [-0.1, -0.05) is 120 Å². The van der Waals surface area contributed by atoms with E-state index in [1.54, 1.807) is 0 Å². The van der Waals surface area contributed by atoms with Gasteiger partial charge in [-0.3, -0.25) is 0 Å². The van der Waals surface area contributed by atoms with Crippen LogP contribution in [0.4, 0.5) is 8.78 Å². The van der Waals surface area contributed by atoms with Crippen molar-refractivity contribution in [1.82, 2.24) is 0 Å². The normalized spacial score (nSPS) is 11.2. The highest BCUT2D eigenvalue weighted by molar-refractivity contribution is 5.71. The molecule has 0 fully saturated rings. The lowest BCUT2D eigenvalue weighted by atomic mass is 9.91. The second kappa shape index (κ2) is 14.0. The van der Waals surface area contributed by atoms with E-state index in [-0.39, 0.29) is 0 Å². The minimum absolute atomic E-state index is 0.384. The van der Waals surface area contributed by atoms with Gasteiger partial charge < -0.3 is 0 Å². The molecule has 0 nitrogen and oxygen atoms in total. The van der Waals surface area contributed by atoms with Crippen LogP contribution in [0.25, 0.3) is 22.3 Å². The molecule has 0 aromatic heterocycles. The van der Waals surface area contributed by atoms with Crippen molar-refractivity contribution in [2.75, 3.05) is 0 Å². The summed E-state index contributed by atoms with van der Waals surface area (Å²) in [5.41, 5.74) is 4.90. The maximum atomic E-state index is 15.3. The molecule has 34 heavy (non-hydrogen) atoms. The van der Waals surface area contributed by atoms with E-state index < -0.39 is 11.6 Å². The van der Waals surface area contributed by atoms with Crippen molar-refractivity contribution in [3.05, 3.63) is 83.4 Å². The number of aryl methyl sites for hydroxylation is 1. The number of unbranched alkanes of at least 4 members (excludes halogenated alkanes) is 8. The molecule has 0 aliphatic rings.